The van der Waals surface area contributed by atoms with Gasteiger partial charge in [-0.2, -0.15) is 0 Å². The van der Waals surface area contributed by atoms with Gasteiger partial charge in [-0.1, -0.05) is 36.4 Å². The van der Waals surface area contributed by atoms with Crippen molar-refractivity contribution in [3.63, 3.8) is 0 Å². The van der Waals surface area contributed by atoms with E-state index in [1.165, 1.54) is 0 Å². The predicted molar refractivity (Wildman–Crippen MR) is 181 cm³/mol. The molecule has 3 aromatic rings. The van der Waals surface area contributed by atoms with Gasteiger partial charge in [-0.05, 0) is 76.1 Å². The molecule has 236 valence electrons. The third kappa shape index (κ3) is 7.96. The van der Waals surface area contributed by atoms with Crippen molar-refractivity contribution in [2.24, 2.45) is 0 Å². The van der Waals surface area contributed by atoms with Crippen LogP contribution in [0.15, 0.2) is 72.8 Å². The summed E-state index contributed by atoms with van der Waals surface area (Å²) in [5.74, 6) is -0.365. The molecule has 0 spiro atoms. The Labute approximate surface area is 265 Å². The molecule has 0 aromatic heterocycles. The molecule has 3 aromatic carbocycles. The molecule has 3 N–H and O–H groups in total. The smallest absolute Gasteiger partial charge is 0.258 e. The van der Waals surface area contributed by atoms with E-state index >= 15 is 0 Å². The van der Waals surface area contributed by atoms with Gasteiger partial charge in [0.05, 0.1) is 17.8 Å². The van der Waals surface area contributed by atoms with E-state index < -0.39 is 0 Å². The quantitative estimate of drug-likeness (QED) is 0.226. The van der Waals surface area contributed by atoms with Gasteiger partial charge in [-0.3, -0.25) is 19.3 Å². The maximum Gasteiger partial charge on any atom is 0.258 e. The first-order valence-corrected chi connectivity index (χ1v) is 15.4. The fourth-order valence-corrected chi connectivity index (χ4v) is 5.51. The van der Waals surface area contributed by atoms with Crippen molar-refractivity contribution in [2.75, 3.05) is 89.5 Å². The van der Waals surface area contributed by atoms with Crippen LogP contribution in [0.25, 0.3) is 11.3 Å². The predicted octanol–water partition coefficient (Wildman–Crippen LogP) is 3.51. The van der Waals surface area contributed by atoms with Crippen LogP contribution >= 0.6 is 0 Å². The third-order valence-electron chi connectivity index (χ3n) is 8.26. The lowest BCUT2D eigenvalue weighted by Gasteiger charge is -2.32. The van der Waals surface area contributed by atoms with Crippen molar-refractivity contribution in [2.45, 2.75) is 6.42 Å². The molecule has 3 amide bonds. The summed E-state index contributed by atoms with van der Waals surface area (Å²) in [6, 6.07) is 22.6. The molecule has 5 rings (SSSR count). The molecular weight excluding hydrogens is 566 g/mol. The number of amides is 3. The lowest BCUT2D eigenvalue weighted by Crippen LogP contribution is -2.48. The molecular formula is C35H43N7O3. The zero-order valence-corrected chi connectivity index (χ0v) is 26.6. The normalized spacial score (nSPS) is 16.2. The van der Waals surface area contributed by atoms with Crippen LogP contribution in [0.5, 0.6) is 0 Å². The van der Waals surface area contributed by atoms with E-state index in [0.717, 1.165) is 61.6 Å². The number of fused-ring (bicyclic) bond motifs is 1. The standard InChI is InChI=1S/C35H43N7O3/c1-39(2)18-8-17-36-34(44)26-11-16-29-30(23-26)38-35(45)32(29)33(25-9-6-5-7-10-25)37-27-12-14-28(15-13-27)41(4)31(43)24-42-21-19-40(3)20-22-42/h5-7,9-16,23,37H,8,17-22,24H2,1-4H3,(H,36,44)(H,38,45)/b33-32-. The summed E-state index contributed by atoms with van der Waals surface area (Å²) in [5.41, 5.74) is 5.39. The van der Waals surface area contributed by atoms with E-state index in [2.05, 4.69) is 37.7 Å². The Balaban J connectivity index is 1.34. The second kappa shape index (κ2) is 14.5. The molecule has 2 aliphatic rings. The van der Waals surface area contributed by atoms with Crippen molar-refractivity contribution in [3.8, 4) is 0 Å². The number of nitrogens with one attached hydrogen (secondary N) is 3. The first-order chi connectivity index (χ1) is 21.7. The van der Waals surface area contributed by atoms with Crippen LogP contribution in [-0.2, 0) is 9.59 Å². The third-order valence-corrected chi connectivity index (χ3v) is 8.26. The van der Waals surface area contributed by atoms with E-state index in [1.54, 1.807) is 24.1 Å². The summed E-state index contributed by atoms with van der Waals surface area (Å²) < 4.78 is 0. The van der Waals surface area contributed by atoms with Gasteiger partial charge in [0.1, 0.15) is 0 Å². The second-order valence-corrected chi connectivity index (χ2v) is 11.9. The van der Waals surface area contributed by atoms with Gasteiger partial charge in [0.2, 0.25) is 5.91 Å². The minimum atomic E-state index is -0.245. The highest BCUT2D eigenvalue weighted by Gasteiger charge is 2.29. The van der Waals surface area contributed by atoms with Crippen LogP contribution in [0, 0.1) is 0 Å². The van der Waals surface area contributed by atoms with Crippen molar-refractivity contribution in [1.82, 2.24) is 20.0 Å². The van der Waals surface area contributed by atoms with Gasteiger partial charge in [0.15, 0.2) is 0 Å². The number of hydrogen-bond acceptors (Lipinski definition) is 7. The fourth-order valence-electron chi connectivity index (χ4n) is 5.51. The number of benzene rings is 3. The number of anilines is 3. The number of carbonyl (C=O) groups excluding carboxylic acids is 3. The average molecular weight is 610 g/mol. The number of nitrogens with zero attached hydrogens (tertiary/aromatic N) is 4. The molecule has 0 bridgehead atoms. The van der Waals surface area contributed by atoms with Gasteiger partial charge in [-0.15, -0.1) is 0 Å². The number of rotatable bonds is 11. The molecule has 1 saturated heterocycles. The zero-order chi connectivity index (χ0) is 31.9. The Morgan fingerprint density at radius 1 is 0.889 bits per heavy atom. The van der Waals surface area contributed by atoms with Gasteiger partial charge >= 0.3 is 0 Å². The highest BCUT2D eigenvalue weighted by molar-refractivity contribution is 6.37. The summed E-state index contributed by atoms with van der Waals surface area (Å²) >= 11 is 0. The van der Waals surface area contributed by atoms with E-state index in [9.17, 15) is 14.4 Å². The van der Waals surface area contributed by atoms with E-state index in [0.29, 0.717) is 35.6 Å². The monoisotopic (exact) mass is 609 g/mol. The van der Waals surface area contributed by atoms with Crippen molar-refractivity contribution >= 4 is 46.1 Å². The van der Waals surface area contributed by atoms with Gasteiger partial charge in [0, 0.05) is 68.0 Å². The molecule has 1 fully saturated rings. The first kappa shape index (κ1) is 31.9. The molecule has 10 heteroatoms. The SMILES string of the molecule is CN(C)CCCNC(=O)c1ccc2c(c1)NC(=O)/C2=C(\Nc1ccc(N(C)C(=O)CN2CCN(C)CC2)cc1)c1ccccc1. The fraction of sp³-hybridized carbons (Fsp3) is 0.343. The Morgan fingerprint density at radius 2 is 1.60 bits per heavy atom. The molecule has 0 unspecified atom stereocenters. The topological polar surface area (TPSA) is 100 Å². The van der Waals surface area contributed by atoms with Crippen LogP contribution < -0.4 is 20.9 Å². The first-order valence-electron chi connectivity index (χ1n) is 15.4. The summed E-state index contributed by atoms with van der Waals surface area (Å²) in [6.07, 6.45) is 0.851. The molecule has 2 heterocycles. The molecule has 0 atom stereocenters. The number of carbonyl (C=O) groups is 3. The number of hydrogen-bond donors (Lipinski definition) is 3. The maximum atomic E-state index is 13.4. The largest absolute Gasteiger partial charge is 0.354 e. The molecule has 45 heavy (non-hydrogen) atoms. The lowest BCUT2D eigenvalue weighted by molar-refractivity contribution is -0.119. The Bertz CT molecular complexity index is 1550. The summed E-state index contributed by atoms with van der Waals surface area (Å²) in [4.78, 5) is 47.4. The number of piperazine rings is 1. The van der Waals surface area contributed by atoms with Crippen LogP contribution in [-0.4, -0.2) is 106 Å². The minimum absolute atomic E-state index is 0.0493. The highest BCUT2D eigenvalue weighted by Crippen LogP contribution is 2.38. The van der Waals surface area contributed by atoms with E-state index in [4.69, 9.17) is 0 Å². The second-order valence-electron chi connectivity index (χ2n) is 11.9. The number of likely N-dealkylation sites (N-methyl/N-ethyl adjacent to an activating group) is 2. The van der Waals surface area contributed by atoms with Crippen LogP contribution in [0.4, 0.5) is 17.1 Å². The van der Waals surface area contributed by atoms with Gasteiger partial charge in [0.25, 0.3) is 11.8 Å². The molecule has 10 nitrogen and oxygen atoms in total. The Kier molecular flexibility index (Phi) is 10.3. The Hall–Kier alpha value is -4.51. The average Bonchev–Trinajstić information content (AvgIpc) is 3.37. The van der Waals surface area contributed by atoms with E-state index in [1.807, 2.05) is 74.8 Å². The molecule has 0 saturated carbocycles. The van der Waals surface area contributed by atoms with Gasteiger partial charge in [-0.25, -0.2) is 0 Å². The summed E-state index contributed by atoms with van der Waals surface area (Å²) in [6.45, 7) is 5.56. The molecule has 0 aliphatic carbocycles. The lowest BCUT2D eigenvalue weighted by atomic mass is 9.99. The van der Waals surface area contributed by atoms with Crippen LogP contribution in [0.1, 0.15) is 27.9 Å². The molecule has 2 aliphatic heterocycles. The minimum Gasteiger partial charge on any atom is -0.354 e. The van der Waals surface area contributed by atoms with Crippen molar-refractivity contribution < 1.29 is 14.4 Å². The van der Waals surface area contributed by atoms with Crippen molar-refractivity contribution in [1.29, 1.82) is 0 Å². The van der Waals surface area contributed by atoms with Crippen LogP contribution in [0.3, 0.4) is 0 Å². The van der Waals surface area contributed by atoms with Gasteiger partial charge < -0.3 is 30.7 Å². The summed E-state index contributed by atoms with van der Waals surface area (Å²) in [5, 5.41) is 9.39. The highest BCUT2D eigenvalue weighted by atomic mass is 16.2. The maximum absolute atomic E-state index is 13.4. The zero-order valence-electron chi connectivity index (χ0n) is 26.6. The molecule has 0 radical (unpaired) electrons. The Morgan fingerprint density at radius 3 is 2.29 bits per heavy atom. The van der Waals surface area contributed by atoms with Crippen molar-refractivity contribution in [3.05, 3.63) is 89.5 Å². The van der Waals surface area contributed by atoms with E-state index in [-0.39, 0.29) is 17.7 Å². The van der Waals surface area contributed by atoms with Crippen LogP contribution in [0.2, 0.25) is 0 Å². The summed E-state index contributed by atoms with van der Waals surface area (Å²) in [7, 11) is 7.91.